The molecule has 22 heavy (non-hydrogen) atoms. The van der Waals surface area contributed by atoms with Crippen molar-refractivity contribution in [2.24, 2.45) is 11.8 Å². The topological polar surface area (TPSA) is 66.5 Å². The summed E-state index contributed by atoms with van der Waals surface area (Å²) in [5.74, 6) is -1.41. The number of likely N-dealkylation sites (tertiary alicyclic amines) is 1. The number of benzene rings is 1. The van der Waals surface area contributed by atoms with E-state index < -0.39 is 0 Å². The number of imide groups is 1. The zero-order valence-electron chi connectivity index (χ0n) is 11.8. The van der Waals surface area contributed by atoms with Crippen molar-refractivity contribution in [1.82, 2.24) is 4.90 Å². The van der Waals surface area contributed by atoms with Crippen LogP contribution in [-0.4, -0.2) is 29.2 Å². The number of allylic oxidation sites excluding steroid dienone is 2. The molecule has 3 amide bonds. The number of rotatable bonds is 3. The van der Waals surface area contributed by atoms with Crippen LogP contribution in [0.15, 0.2) is 40.9 Å². The Hall–Kier alpha value is -1.95. The molecule has 0 radical (unpaired) electrons. The molecule has 0 spiro atoms. The van der Waals surface area contributed by atoms with Crippen molar-refractivity contribution >= 4 is 39.3 Å². The van der Waals surface area contributed by atoms with Gasteiger partial charge in [-0.3, -0.25) is 19.3 Å². The lowest BCUT2D eigenvalue weighted by Crippen LogP contribution is -2.38. The monoisotopic (exact) mass is 362 g/mol. The fourth-order valence-electron chi connectivity index (χ4n) is 2.90. The van der Waals surface area contributed by atoms with Gasteiger partial charge in [-0.25, -0.2) is 0 Å². The van der Waals surface area contributed by atoms with E-state index in [9.17, 15) is 14.4 Å². The number of nitrogens with one attached hydrogen (secondary N) is 1. The summed E-state index contributed by atoms with van der Waals surface area (Å²) in [6.07, 6.45) is 5.02. The molecular weight excluding hydrogens is 348 g/mol. The summed E-state index contributed by atoms with van der Waals surface area (Å²) in [6.45, 7) is -0.221. The van der Waals surface area contributed by atoms with E-state index in [0.717, 1.165) is 9.37 Å². The first-order chi connectivity index (χ1) is 10.6. The van der Waals surface area contributed by atoms with Gasteiger partial charge in [0, 0.05) is 10.2 Å². The summed E-state index contributed by atoms with van der Waals surface area (Å²) in [5, 5.41) is 2.70. The van der Waals surface area contributed by atoms with Gasteiger partial charge in [-0.05, 0) is 37.1 Å². The predicted molar refractivity (Wildman–Crippen MR) is 84.8 cm³/mol. The van der Waals surface area contributed by atoms with Crippen LogP contribution in [-0.2, 0) is 14.4 Å². The predicted octanol–water partition coefficient (Wildman–Crippen LogP) is 2.34. The largest absolute Gasteiger partial charge is 0.325 e. The first-order valence-electron chi connectivity index (χ1n) is 7.12. The maximum absolute atomic E-state index is 12.3. The van der Waals surface area contributed by atoms with Crippen LogP contribution in [0.4, 0.5) is 5.69 Å². The summed E-state index contributed by atoms with van der Waals surface area (Å²) in [6, 6.07) is 7.11. The van der Waals surface area contributed by atoms with Gasteiger partial charge in [0.15, 0.2) is 0 Å². The van der Waals surface area contributed by atoms with Crippen molar-refractivity contribution in [2.75, 3.05) is 11.9 Å². The smallest absolute Gasteiger partial charge is 0.244 e. The molecule has 114 valence electrons. The Morgan fingerprint density at radius 1 is 1.09 bits per heavy atom. The molecule has 1 aromatic carbocycles. The molecule has 2 aliphatic rings. The van der Waals surface area contributed by atoms with Crippen LogP contribution in [0.2, 0.25) is 0 Å². The van der Waals surface area contributed by atoms with Crippen molar-refractivity contribution in [3.8, 4) is 0 Å². The third-order valence-electron chi connectivity index (χ3n) is 4.03. The molecule has 1 aliphatic carbocycles. The molecule has 3 rings (SSSR count). The van der Waals surface area contributed by atoms with Crippen molar-refractivity contribution in [2.45, 2.75) is 12.8 Å². The number of hydrogen-bond acceptors (Lipinski definition) is 3. The Morgan fingerprint density at radius 3 is 2.18 bits per heavy atom. The quantitative estimate of drug-likeness (QED) is 0.662. The van der Waals surface area contributed by atoms with Gasteiger partial charge in [-0.2, -0.15) is 0 Å². The highest BCUT2D eigenvalue weighted by molar-refractivity contribution is 9.10. The molecule has 5 nitrogen and oxygen atoms in total. The highest BCUT2D eigenvalue weighted by atomic mass is 79.9. The first-order valence-corrected chi connectivity index (χ1v) is 7.91. The maximum Gasteiger partial charge on any atom is 0.244 e. The van der Waals surface area contributed by atoms with Crippen LogP contribution >= 0.6 is 15.9 Å². The van der Waals surface area contributed by atoms with Crippen molar-refractivity contribution in [1.29, 1.82) is 0 Å². The Balaban J connectivity index is 1.65. The summed E-state index contributed by atoms with van der Waals surface area (Å²) < 4.78 is 0.909. The Bertz CT molecular complexity index is 628. The molecular formula is C16H15BrN2O3. The van der Waals surface area contributed by atoms with E-state index in [1.807, 2.05) is 24.3 Å². The number of carbonyl (C=O) groups excluding carboxylic acids is 3. The molecule has 1 fully saturated rings. The van der Waals surface area contributed by atoms with E-state index in [2.05, 4.69) is 21.2 Å². The fraction of sp³-hybridized carbons (Fsp3) is 0.312. The lowest BCUT2D eigenvalue weighted by Gasteiger charge is -2.14. The number of halogens is 1. The van der Waals surface area contributed by atoms with Gasteiger partial charge in [0.25, 0.3) is 0 Å². The molecule has 0 bridgehead atoms. The Kier molecular flexibility index (Phi) is 4.11. The van der Waals surface area contributed by atoms with Gasteiger partial charge in [0.2, 0.25) is 17.7 Å². The minimum absolute atomic E-state index is 0.221. The van der Waals surface area contributed by atoms with E-state index in [1.165, 1.54) is 0 Å². The van der Waals surface area contributed by atoms with E-state index in [4.69, 9.17) is 0 Å². The summed E-state index contributed by atoms with van der Waals surface area (Å²) in [5.41, 5.74) is 0.631. The number of hydrogen-bond donors (Lipinski definition) is 1. The van der Waals surface area contributed by atoms with E-state index in [0.29, 0.717) is 18.5 Å². The van der Waals surface area contributed by atoms with Crippen molar-refractivity contribution < 1.29 is 14.4 Å². The number of anilines is 1. The van der Waals surface area contributed by atoms with Gasteiger partial charge < -0.3 is 5.32 Å². The van der Waals surface area contributed by atoms with Gasteiger partial charge in [-0.15, -0.1) is 0 Å². The molecule has 1 N–H and O–H groups in total. The lowest BCUT2D eigenvalue weighted by atomic mass is 9.85. The van der Waals surface area contributed by atoms with Crippen LogP contribution in [0.1, 0.15) is 12.8 Å². The second-order valence-electron chi connectivity index (χ2n) is 5.47. The van der Waals surface area contributed by atoms with Gasteiger partial charge in [0.1, 0.15) is 6.54 Å². The van der Waals surface area contributed by atoms with Crippen LogP contribution in [0, 0.1) is 11.8 Å². The summed E-state index contributed by atoms with van der Waals surface area (Å²) in [4.78, 5) is 37.7. The van der Waals surface area contributed by atoms with E-state index >= 15 is 0 Å². The molecule has 0 aromatic heterocycles. The summed E-state index contributed by atoms with van der Waals surface area (Å²) in [7, 11) is 0. The molecule has 1 aromatic rings. The molecule has 0 unspecified atom stereocenters. The minimum Gasteiger partial charge on any atom is -0.325 e. The number of carbonyl (C=O) groups is 3. The molecule has 1 heterocycles. The maximum atomic E-state index is 12.3. The van der Waals surface area contributed by atoms with Gasteiger partial charge >= 0.3 is 0 Å². The lowest BCUT2D eigenvalue weighted by molar-refractivity contribution is -0.142. The number of amides is 3. The molecule has 1 saturated heterocycles. The van der Waals surface area contributed by atoms with Crippen molar-refractivity contribution in [3.63, 3.8) is 0 Å². The molecule has 1 aliphatic heterocycles. The van der Waals surface area contributed by atoms with Crippen molar-refractivity contribution in [3.05, 3.63) is 40.9 Å². The SMILES string of the molecule is O=C(CN1C(=O)[C@H]2CC=CC[C@H]2C1=O)Nc1ccc(Br)cc1. The third-order valence-corrected chi connectivity index (χ3v) is 4.56. The standard InChI is InChI=1S/C16H15BrN2O3/c17-10-5-7-11(8-6-10)18-14(20)9-19-15(21)12-3-1-2-4-13(12)16(19)22/h1-2,5-8,12-13H,3-4,9H2,(H,18,20)/t12-,13+. The zero-order chi connectivity index (χ0) is 15.7. The van der Waals surface area contributed by atoms with Crippen LogP contribution in [0.5, 0.6) is 0 Å². The third kappa shape index (κ3) is 2.83. The Morgan fingerprint density at radius 2 is 1.64 bits per heavy atom. The van der Waals surface area contributed by atoms with Crippen LogP contribution in [0.25, 0.3) is 0 Å². The molecule has 6 heteroatoms. The van der Waals surface area contributed by atoms with Crippen LogP contribution in [0.3, 0.4) is 0 Å². The van der Waals surface area contributed by atoms with E-state index in [1.54, 1.807) is 12.1 Å². The van der Waals surface area contributed by atoms with Gasteiger partial charge in [0.05, 0.1) is 11.8 Å². The number of nitrogens with zero attached hydrogens (tertiary/aromatic N) is 1. The first kappa shape index (κ1) is 15.0. The van der Waals surface area contributed by atoms with Crippen LogP contribution < -0.4 is 5.32 Å². The average Bonchev–Trinajstić information content (AvgIpc) is 2.75. The fourth-order valence-corrected chi connectivity index (χ4v) is 3.17. The van der Waals surface area contributed by atoms with E-state index in [-0.39, 0.29) is 36.1 Å². The normalized spacial score (nSPS) is 23.6. The second kappa shape index (κ2) is 6.04. The zero-order valence-corrected chi connectivity index (χ0v) is 13.4. The highest BCUT2D eigenvalue weighted by Crippen LogP contribution is 2.34. The number of fused-ring (bicyclic) bond motifs is 1. The molecule has 2 atom stereocenters. The molecule has 0 saturated carbocycles. The second-order valence-corrected chi connectivity index (χ2v) is 6.39. The summed E-state index contributed by atoms with van der Waals surface area (Å²) >= 11 is 3.32. The highest BCUT2D eigenvalue weighted by Gasteiger charge is 2.47. The van der Waals surface area contributed by atoms with Gasteiger partial charge in [-0.1, -0.05) is 28.1 Å². The Labute approximate surface area is 136 Å². The minimum atomic E-state index is -0.365. The average molecular weight is 363 g/mol.